The van der Waals surface area contributed by atoms with E-state index in [4.69, 9.17) is 4.42 Å². The van der Waals surface area contributed by atoms with Gasteiger partial charge in [0.15, 0.2) is 5.76 Å². The predicted molar refractivity (Wildman–Crippen MR) is 67.3 cm³/mol. The molecule has 0 fully saturated rings. The Hall–Kier alpha value is -2.04. The quantitative estimate of drug-likeness (QED) is 0.812. The number of amides is 1. The van der Waals surface area contributed by atoms with Crippen molar-refractivity contribution in [1.82, 2.24) is 14.7 Å². The molecule has 0 saturated carbocycles. The molecule has 0 aliphatic heterocycles. The Balaban J connectivity index is 2.08. The van der Waals surface area contributed by atoms with Crippen molar-refractivity contribution in [3.8, 4) is 0 Å². The molecule has 5 nitrogen and oxygen atoms in total. The zero-order valence-corrected chi connectivity index (χ0v) is 10.7. The highest BCUT2D eigenvalue weighted by Crippen LogP contribution is 2.11. The van der Waals surface area contributed by atoms with Crippen LogP contribution < -0.4 is 0 Å². The van der Waals surface area contributed by atoms with Gasteiger partial charge in [0.1, 0.15) is 5.76 Å². The molecule has 18 heavy (non-hydrogen) atoms. The van der Waals surface area contributed by atoms with Crippen LogP contribution in [0.2, 0.25) is 0 Å². The number of rotatable bonds is 5. The Morgan fingerprint density at radius 1 is 1.39 bits per heavy atom. The van der Waals surface area contributed by atoms with Crippen LogP contribution in [0, 0.1) is 0 Å². The van der Waals surface area contributed by atoms with Crippen LogP contribution in [0.15, 0.2) is 35.0 Å². The maximum absolute atomic E-state index is 12.0. The average molecular weight is 247 g/mol. The summed E-state index contributed by atoms with van der Waals surface area (Å²) >= 11 is 0. The topological polar surface area (TPSA) is 51.3 Å². The van der Waals surface area contributed by atoms with E-state index in [9.17, 15) is 4.79 Å². The first-order valence-corrected chi connectivity index (χ1v) is 6.10. The van der Waals surface area contributed by atoms with Crippen LogP contribution in [0.5, 0.6) is 0 Å². The molecule has 2 aromatic rings. The molecule has 0 unspecified atom stereocenters. The molecule has 0 saturated heterocycles. The van der Waals surface area contributed by atoms with E-state index in [0.717, 1.165) is 5.76 Å². The number of hydrogen-bond donors (Lipinski definition) is 0. The van der Waals surface area contributed by atoms with Gasteiger partial charge in [-0.05, 0) is 32.0 Å². The van der Waals surface area contributed by atoms with Gasteiger partial charge >= 0.3 is 0 Å². The number of aromatic nitrogens is 2. The largest absolute Gasteiger partial charge is 0.454 e. The van der Waals surface area contributed by atoms with Crippen molar-refractivity contribution >= 4 is 5.91 Å². The van der Waals surface area contributed by atoms with Gasteiger partial charge in [0.25, 0.3) is 5.91 Å². The fraction of sp³-hybridized carbons (Fsp3) is 0.385. The van der Waals surface area contributed by atoms with Crippen LogP contribution >= 0.6 is 0 Å². The van der Waals surface area contributed by atoms with E-state index in [1.165, 1.54) is 0 Å². The molecule has 2 rings (SSSR count). The first-order chi connectivity index (χ1) is 8.74. The minimum Gasteiger partial charge on any atom is -0.454 e. The van der Waals surface area contributed by atoms with Crippen LogP contribution in [0.3, 0.4) is 0 Å². The first-order valence-electron chi connectivity index (χ1n) is 6.10. The molecule has 2 aromatic heterocycles. The lowest BCUT2D eigenvalue weighted by atomic mass is 10.3. The number of nitrogens with zero attached hydrogens (tertiary/aromatic N) is 3. The summed E-state index contributed by atoms with van der Waals surface area (Å²) in [6.45, 7) is 5.82. The lowest BCUT2D eigenvalue weighted by Crippen LogP contribution is -2.30. The van der Waals surface area contributed by atoms with Gasteiger partial charge in [-0.15, -0.1) is 0 Å². The Kier molecular flexibility index (Phi) is 3.82. The van der Waals surface area contributed by atoms with Gasteiger partial charge in [-0.3, -0.25) is 9.48 Å². The smallest absolute Gasteiger partial charge is 0.289 e. The molecule has 0 aliphatic rings. The van der Waals surface area contributed by atoms with Gasteiger partial charge in [-0.2, -0.15) is 5.10 Å². The van der Waals surface area contributed by atoms with Crippen LogP contribution in [-0.4, -0.2) is 33.7 Å². The van der Waals surface area contributed by atoms with Gasteiger partial charge in [0.05, 0.1) is 6.54 Å². The first kappa shape index (κ1) is 12.4. The zero-order chi connectivity index (χ0) is 13.0. The molecular formula is C13H17N3O2. The van der Waals surface area contributed by atoms with Gasteiger partial charge < -0.3 is 9.32 Å². The van der Waals surface area contributed by atoms with Crippen LogP contribution in [0.4, 0.5) is 0 Å². The highest BCUT2D eigenvalue weighted by Gasteiger charge is 2.16. The second-order valence-corrected chi connectivity index (χ2v) is 3.95. The third kappa shape index (κ3) is 2.61. The zero-order valence-electron chi connectivity index (χ0n) is 10.7. The molecule has 0 spiro atoms. The monoisotopic (exact) mass is 247 g/mol. The highest BCUT2D eigenvalue weighted by molar-refractivity contribution is 5.91. The predicted octanol–water partition coefficient (Wildman–Crippen LogP) is 2.01. The van der Waals surface area contributed by atoms with Gasteiger partial charge in [-0.25, -0.2) is 0 Å². The molecule has 0 N–H and O–H groups in total. The summed E-state index contributed by atoms with van der Waals surface area (Å²) in [6, 6.07) is 5.39. The average Bonchev–Trinajstić information content (AvgIpc) is 3.02. The summed E-state index contributed by atoms with van der Waals surface area (Å²) in [5.41, 5.74) is 0. The van der Waals surface area contributed by atoms with Gasteiger partial charge in [-0.1, -0.05) is 0 Å². The SMILES string of the molecule is CCN(CC)C(=O)c1ccc(Cn2cccn2)o1. The molecule has 0 atom stereocenters. The Labute approximate surface area is 106 Å². The fourth-order valence-corrected chi connectivity index (χ4v) is 1.80. The van der Waals surface area contributed by atoms with Crippen molar-refractivity contribution < 1.29 is 9.21 Å². The second-order valence-electron chi connectivity index (χ2n) is 3.95. The van der Waals surface area contributed by atoms with Crippen molar-refractivity contribution in [2.75, 3.05) is 13.1 Å². The normalized spacial score (nSPS) is 10.6. The van der Waals surface area contributed by atoms with Gasteiger partial charge in [0.2, 0.25) is 0 Å². The molecule has 0 radical (unpaired) electrons. The van der Waals surface area contributed by atoms with E-state index >= 15 is 0 Å². The number of hydrogen-bond acceptors (Lipinski definition) is 3. The molecular weight excluding hydrogens is 230 g/mol. The number of carbonyl (C=O) groups excluding carboxylic acids is 1. The third-order valence-electron chi connectivity index (χ3n) is 2.80. The number of furan rings is 1. The van der Waals surface area contributed by atoms with E-state index in [-0.39, 0.29) is 5.91 Å². The Morgan fingerprint density at radius 3 is 2.78 bits per heavy atom. The molecule has 0 aromatic carbocycles. The third-order valence-corrected chi connectivity index (χ3v) is 2.80. The maximum Gasteiger partial charge on any atom is 0.289 e. The summed E-state index contributed by atoms with van der Waals surface area (Å²) in [7, 11) is 0. The summed E-state index contributed by atoms with van der Waals surface area (Å²) in [5, 5.41) is 4.09. The maximum atomic E-state index is 12.0. The van der Waals surface area contributed by atoms with Crippen LogP contribution in [0.1, 0.15) is 30.2 Å². The Morgan fingerprint density at radius 2 is 2.17 bits per heavy atom. The minimum absolute atomic E-state index is 0.0632. The van der Waals surface area contributed by atoms with Crippen LogP contribution in [0.25, 0.3) is 0 Å². The fourth-order valence-electron chi connectivity index (χ4n) is 1.80. The van der Waals surface area contributed by atoms with Crippen molar-refractivity contribution in [3.63, 3.8) is 0 Å². The molecule has 0 bridgehead atoms. The van der Waals surface area contributed by atoms with E-state index in [1.807, 2.05) is 32.2 Å². The summed E-state index contributed by atoms with van der Waals surface area (Å²) in [4.78, 5) is 13.8. The Bertz CT molecular complexity index is 498. The summed E-state index contributed by atoms with van der Waals surface area (Å²) in [5.74, 6) is 1.06. The van der Waals surface area contributed by atoms with Crippen molar-refractivity contribution in [3.05, 3.63) is 42.1 Å². The van der Waals surface area contributed by atoms with Crippen molar-refractivity contribution in [1.29, 1.82) is 0 Å². The van der Waals surface area contributed by atoms with E-state index in [1.54, 1.807) is 21.8 Å². The van der Waals surface area contributed by atoms with E-state index < -0.39 is 0 Å². The molecule has 2 heterocycles. The van der Waals surface area contributed by atoms with E-state index in [2.05, 4.69) is 5.10 Å². The number of carbonyl (C=O) groups is 1. The van der Waals surface area contributed by atoms with E-state index in [0.29, 0.717) is 25.4 Å². The highest BCUT2D eigenvalue weighted by atomic mass is 16.4. The molecule has 0 aliphatic carbocycles. The summed E-state index contributed by atoms with van der Waals surface area (Å²) in [6.07, 6.45) is 3.57. The summed E-state index contributed by atoms with van der Waals surface area (Å²) < 4.78 is 7.31. The van der Waals surface area contributed by atoms with Gasteiger partial charge in [0, 0.05) is 25.5 Å². The molecule has 1 amide bonds. The van der Waals surface area contributed by atoms with Crippen molar-refractivity contribution in [2.24, 2.45) is 0 Å². The van der Waals surface area contributed by atoms with Crippen LogP contribution in [-0.2, 0) is 6.54 Å². The minimum atomic E-state index is -0.0632. The second kappa shape index (κ2) is 5.53. The standard InChI is InChI=1S/C13H17N3O2/c1-3-15(4-2)13(17)12-7-6-11(18-12)10-16-9-5-8-14-16/h5-9H,3-4,10H2,1-2H3. The lowest BCUT2D eigenvalue weighted by Gasteiger charge is -2.16. The van der Waals surface area contributed by atoms with Crippen molar-refractivity contribution in [2.45, 2.75) is 20.4 Å². The molecule has 5 heteroatoms. The lowest BCUT2D eigenvalue weighted by molar-refractivity contribution is 0.0739. The molecule has 96 valence electrons.